The van der Waals surface area contributed by atoms with Gasteiger partial charge < -0.3 is 25.2 Å². The third-order valence-corrected chi connectivity index (χ3v) is 3.90. The number of hydrogen-bond donors (Lipinski definition) is 4. The van der Waals surface area contributed by atoms with Crippen LogP contribution in [0.4, 0.5) is 0 Å². The minimum absolute atomic E-state index is 0.451. The van der Waals surface area contributed by atoms with Gasteiger partial charge in [-0.1, -0.05) is 13.8 Å². The molecule has 0 saturated heterocycles. The van der Waals surface area contributed by atoms with Crippen molar-refractivity contribution in [2.45, 2.75) is 38.1 Å². The second-order valence-electron chi connectivity index (χ2n) is 4.52. The highest BCUT2D eigenvalue weighted by Gasteiger charge is 2.79. The summed E-state index contributed by atoms with van der Waals surface area (Å²) in [6.07, 6.45) is -2.04. The Bertz CT molecular complexity index is 389. The van der Waals surface area contributed by atoms with E-state index in [9.17, 15) is 20.1 Å². The number of ether oxygens (including phenoxy) is 1. The molecule has 2 rings (SSSR count). The summed E-state index contributed by atoms with van der Waals surface area (Å²) >= 11 is 0. The van der Waals surface area contributed by atoms with Crippen LogP contribution in [0.1, 0.15) is 20.3 Å². The molecule has 0 aromatic heterocycles. The molecule has 0 bridgehead atoms. The Morgan fingerprint density at radius 1 is 1.44 bits per heavy atom. The molecular weight excluding hydrogens is 216 g/mol. The van der Waals surface area contributed by atoms with Crippen molar-refractivity contribution >= 4 is 5.97 Å². The van der Waals surface area contributed by atoms with Gasteiger partial charge in [-0.15, -0.1) is 0 Å². The molecule has 1 aliphatic heterocycles. The zero-order chi connectivity index (χ0) is 12.3. The molecule has 2 aliphatic rings. The number of hydrogen-bond acceptors (Lipinski definition) is 6. The predicted molar refractivity (Wildman–Crippen MR) is 51.5 cm³/mol. The van der Waals surface area contributed by atoms with Gasteiger partial charge in [0.25, 0.3) is 0 Å². The Kier molecular flexibility index (Phi) is 2.03. The number of aliphatic hydroxyl groups excluding tert-OH is 3. The third-order valence-electron chi connectivity index (χ3n) is 3.90. The standard InChI is InChI=1S/C10H14O6/c1-3-9(2)8(14)10(9,15)6-4(11)5(12)7(13)16-6/h6,8,11-12,14-15H,3H2,1-2H3/t6-,8?,9?,10+/m0/s1. The molecule has 0 spiro atoms. The number of cyclic esters (lactones) is 1. The van der Waals surface area contributed by atoms with Crippen LogP contribution in [0.2, 0.25) is 0 Å². The molecule has 2 unspecified atom stereocenters. The molecule has 1 heterocycles. The monoisotopic (exact) mass is 230 g/mol. The second kappa shape index (κ2) is 2.89. The van der Waals surface area contributed by atoms with Gasteiger partial charge in [-0.3, -0.25) is 0 Å². The molecular formula is C10H14O6. The van der Waals surface area contributed by atoms with Crippen LogP contribution >= 0.6 is 0 Å². The Balaban J connectivity index is 2.34. The van der Waals surface area contributed by atoms with E-state index in [-0.39, 0.29) is 0 Å². The fraction of sp³-hybridized carbons (Fsp3) is 0.700. The topological polar surface area (TPSA) is 107 Å². The molecule has 4 atom stereocenters. The van der Waals surface area contributed by atoms with Crippen molar-refractivity contribution in [1.29, 1.82) is 0 Å². The maximum atomic E-state index is 11.0. The van der Waals surface area contributed by atoms with E-state index in [0.29, 0.717) is 6.42 Å². The van der Waals surface area contributed by atoms with E-state index >= 15 is 0 Å². The zero-order valence-electron chi connectivity index (χ0n) is 8.97. The smallest absolute Gasteiger partial charge is 0.378 e. The summed E-state index contributed by atoms with van der Waals surface area (Å²) in [6, 6.07) is 0. The van der Waals surface area contributed by atoms with Gasteiger partial charge in [-0.25, -0.2) is 4.79 Å². The van der Waals surface area contributed by atoms with Crippen molar-refractivity contribution in [2.75, 3.05) is 0 Å². The first-order valence-electron chi connectivity index (χ1n) is 5.04. The van der Waals surface area contributed by atoms with Crippen LogP contribution < -0.4 is 0 Å². The molecule has 0 radical (unpaired) electrons. The van der Waals surface area contributed by atoms with Crippen LogP contribution in [-0.4, -0.2) is 44.2 Å². The number of carbonyl (C=O) groups excluding carboxylic acids is 1. The van der Waals surface area contributed by atoms with Gasteiger partial charge in [0, 0.05) is 5.41 Å². The van der Waals surface area contributed by atoms with Crippen LogP contribution in [-0.2, 0) is 9.53 Å². The van der Waals surface area contributed by atoms with Crippen LogP contribution in [0.25, 0.3) is 0 Å². The van der Waals surface area contributed by atoms with E-state index in [0.717, 1.165) is 0 Å². The highest BCUT2D eigenvalue weighted by Crippen LogP contribution is 2.62. The van der Waals surface area contributed by atoms with Crippen LogP contribution in [0.15, 0.2) is 11.5 Å². The Morgan fingerprint density at radius 3 is 2.31 bits per heavy atom. The fourth-order valence-corrected chi connectivity index (χ4v) is 2.33. The van der Waals surface area contributed by atoms with E-state index in [4.69, 9.17) is 5.11 Å². The minimum atomic E-state index is -1.73. The summed E-state index contributed by atoms with van der Waals surface area (Å²) in [4.78, 5) is 11.0. The van der Waals surface area contributed by atoms with Crippen LogP contribution in [0.5, 0.6) is 0 Å². The first-order valence-corrected chi connectivity index (χ1v) is 5.04. The van der Waals surface area contributed by atoms with Crippen molar-refractivity contribution in [1.82, 2.24) is 0 Å². The van der Waals surface area contributed by atoms with Crippen LogP contribution in [0, 0.1) is 5.41 Å². The summed E-state index contributed by atoms with van der Waals surface area (Å²) in [7, 11) is 0. The zero-order valence-corrected chi connectivity index (χ0v) is 8.97. The molecule has 6 heteroatoms. The third kappa shape index (κ3) is 0.959. The van der Waals surface area contributed by atoms with Gasteiger partial charge in [0.05, 0.1) is 6.10 Å². The summed E-state index contributed by atoms with van der Waals surface area (Å²) in [6.45, 7) is 3.38. The normalized spacial score (nSPS) is 47.1. The minimum Gasteiger partial charge on any atom is -0.505 e. The number of aliphatic hydroxyl groups is 4. The maximum absolute atomic E-state index is 11.0. The predicted octanol–water partition coefficient (Wildman–Crippen LogP) is -0.239. The molecule has 90 valence electrons. The van der Waals surface area contributed by atoms with Gasteiger partial charge in [-0.05, 0) is 6.42 Å². The highest BCUT2D eigenvalue weighted by molar-refractivity contribution is 5.89. The first kappa shape index (κ1) is 11.2. The molecule has 0 amide bonds. The van der Waals surface area contributed by atoms with E-state index in [1.165, 1.54) is 0 Å². The second-order valence-corrected chi connectivity index (χ2v) is 4.52. The Labute approximate surface area is 91.8 Å². The lowest BCUT2D eigenvalue weighted by atomic mass is 9.96. The summed E-state index contributed by atoms with van der Waals surface area (Å²) < 4.78 is 4.66. The quantitative estimate of drug-likeness (QED) is 0.488. The molecule has 1 fully saturated rings. The number of esters is 1. The van der Waals surface area contributed by atoms with Gasteiger partial charge >= 0.3 is 5.97 Å². The lowest BCUT2D eigenvalue weighted by Crippen LogP contribution is -2.37. The molecule has 6 nitrogen and oxygen atoms in total. The van der Waals surface area contributed by atoms with E-state index in [2.05, 4.69) is 4.74 Å². The lowest BCUT2D eigenvalue weighted by Gasteiger charge is -2.20. The molecule has 4 N–H and O–H groups in total. The maximum Gasteiger partial charge on any atom is 0.378 e. The molecule has 0 aromatic carbocycles. The Hall–Kier alpha value is -1.27. The van der Waals surface area contributed by atoms with Gasteiger partial charge in [-0.2, -0.15) is 0 Å². The van der Waals surface area contributed by atoms with Crippen molar-refractivity contribution in [3.8, 4) is 0 Å². The highest BCUT2D eigenvalue weighted by atomic mass is 16.6. The van der Waals surface area contributed by atoms with E-state index in [1.807, 2.05) is 0 Å². The largest absolute Gasteiger partial charge is 0.505 e. The van der Waals surface area contributed by atoms with Crippen molar-refractivity contribution in [3.05, 3.63) is 11.5 Å². The average molecular weight is 230 g/mol. The molecule has 1 aliphatic carbocycles. The van der Waals surface area contributed by atoms with Crippen molar-refractivity contribution < 1.29 is 30.0 Å². The number of rotatable bonds is 2. The summed E-state index contributed by atoms with van der Waals surface area (Å²) in [5.74, 6) is -2.71. The van der Waals surface area contributed by atoms with E-state index in [1.54, 1.807) is 13.8 Å². The van der Waals surface area contributed by atoms with Crippen LogP contribution in [0.3, 0.4) is 0 Å². The molecule has 1 saturated carbocycles. The molecule has 16 heavy (non-hydrogen) atoms. The summed E-state index contributed by atoms with van der Waals surface area (Å²) in [5.41, 5.74) is -2.58. The van der Waals surface area contributed by atoms with Crippen molar-refractivity contribution in [2.24, 2.45) is 5.41 Å². The SMILES string of the molecule is CCC1(C)C(O)[C@]1(O)[C@H]1OC(=O)C(O)=C1O. The Morgan fingerprint density at radius 2 is 2.00 bits per heavy atom. The lowest BCUT2D eigenvalue weighted by molar-refractivity contribution is -0.150. The first-order chi connectivity index (χ1) is 7.30. The average Bonchev–Trinajstić information content (AvgIpc) is 2.55. The summed E-state index contributed by atoms with van der Waals surface area (Å²) in [5, 5.41) is 38.5. The van der Waals surface area contributed by atoms with E-state index < -0.39 is 40.7 Å². The number of carbonyl (C=O) groups is 1. The fourth-order valence-electron chi connectivity index (χ4n) is 2.33. The van der Waals surface area contributed by atoms with Gasteiger partial charge in [0.15, 0.2) is 11.9 Å². The van der Waals surface area contributed by atoms with Crippen molar-refractivity contribution in [3.63, 3.8) is 0 Å². The van der Waals surface area contributed by atoms with Gasteiger partial charge in [0.1, 0.15) is 5.60 Å². The molecule has 0 aromatic rings. The van der Waals surface area contributed by atoms with Gasteiger partial charge in [0.2, 0.25) is 5.76 Å².